The Labute approximate surface area is 141 Å². The van der Waals surface area contributed by atoms with E-state index in [9.17, 15) is 4.79 Å². The summed E-state index contributed by atoms with van der Waals surface area (Å²) in [5.74, 6) is 0.614. The number of pyridine rings is 1. The first-order chi connectivity index (χ1) is 11.4. The van der Waals surface area contributed by atoms with Crippen LogP contribution in [0.5, 0.6) is 0 Å². The van der Waals surface area contributed by atoms with Crippen LogP contribution in [0.3, 0.4) is 0 Å². The summed E-state index contributed by atoms with van der Waals surface area (Å²) in [5.41, 5.74) is 6.49. The second-order valence-electron chi connectivity index (χ2n) is 6.33. The lowest BCUT2D eigenvalue weighted by atomic mass is 10.1. The van der Waals surface area contributed by atoms with Gasteiger partial charge in [-0.15, -0.1) is 0 Å². The molecule has 0 radical (unpaired) electrons. The normalized spacial score (nSPS) is 11.2. The van der Waals surface area contributed by atoms with Crippen LogP contribution >= 0.6 is 0 Å². The second kappa shape index (κ2) is 6.15. The molecular formula is C19H23N3O2. The van der Waals surface area contributed by atoms with Gasteiger partial charge in [-0.25, -0.2) is 4.98 Å². The van der Waals surface area contributed by atoms with Gasteiger partial charge in [-0.3, -0.25) is 4.79 Å². The van der Waals surface area contributed by atoms with Crippen molar-refractivity contribution < 1.29 is 4.42 Å². The van der Waals surface area contributed by atoms with Crippen LogP contribution in [0.15, 0.2) is 27.4 Å². The van der Waals surface area contributed by atoms with Crippen molar-refractivity contribution in [3.05, 3.63) is 56.8 Å². The molecule has 1 N–H and O–H groups in total. The Kier molecular flexibility index (Phi) is 4.18. The minimum absolute atomic E-state index is 0.0873. The van der Waals surface area contributed by atoms with Gasteiger partial charge in [0.25, 0.3) is 5.56 Å². The average molecular weight is 325 g/mol. The fourth-order valence-electron chi connectivity index (χ4n) is 2.96. The number of fused-ring (bicyclic) bond motifs is 1. The van der Waals surface area contributed by atoms with Gasteiger partial charge < -0.3 is 14.3 Å². The number of aromatic nitrogens is 2. The van der Waals surface area contributed by atoms with Gasteiger partial charge in [-0.2, -0.15) is 0 Å². The molecule has 5 nitrogen and oxygen atoms in total. The molecule has 0 saturated heterocycles. The molecule has 0 spiro atoms. The molecule has 24 heavy (non-hydrogen) atoms. The number of rotatable bonds is 4. The van der Waals surface area contributed by atoms with Crippen LogP contribution in [0.1, 0.15) is 35.2 Å². The standard InChI is InChI=1S/C19H23N3O2/c1-6-14-9-15(19(23)20-13(14)4)22(5)10-16-21-17-11(2)7-8-12(3)18(17)24-16/h7-9H,6,10H2,1-5H3,(H,20,23). The number of nitrogens with zero attached hydrogens (tertiary/aromatic N) is 2. The van der Waals surface area contributed by atoms with Gasteiger partial charge >= 0.3 is 0 Å². The Morgan fingerprint density at radius 2 is 1.92 bits per heavy atom. The predicted octanol–water partition coefficient (Wildman–Crippen LogP) is 3.64. The van der Waals surface area contributed by atoms with E-state index in [0.717, 1.165) is 39.9 Å². The molecule has 2 aromatic heterocycles. The van der Waals surface area contributed by atoms with Crippen LogP contribution in [0.2, 0.25) is 0 Å². The summed E-state index contributed by atoms with van der Waals surface area (Å²) in [6.07, 6.45) is 0.880. The third kappa shape index (κ3) is 2.82. The van der Waals surface area contributed by atoms with E-state index in [0.29, 0.717) is 18.1 Å². The molecule has 2 heterocycles. The molecule has 0 fully saturated rings. The zero-order valence-corrected chi connectivity index (χ0v) is 14.9. The van der Waals surface area contributed by atoms with Crippen LogP contribution < -0.4 is 10.5 Å². The predicted molar refractivity (Wildman–Crippen MR) is 96.8 cm³/mol. The third-order valence-electron chi connectivity index (χ3n) is 4.48. The third-order valence-corrected chi connectivity index (χ3v) is 4.48. The molecule has 0 amide bonds. The van der Waals surface area contributed by atoms with E-state index in [2.05, 4.69) is 16.9 Å². The molecule has 5 heteroatoms. The Morgan fingerprint density at radius 1 is 1.21 bits per heavy atom. The van der Waals surface area contributed by atoms with Crippen LogP contribution in [0, 0.1) is 20.8 Å². The molecular weight excluding hydrogens is 302 g/mol. The summed E-state index contributed by atoms with van der Waals surface area (Å²) in [6, 6.07) is 6.04. The monoisotopic (exact) mass is 325 g/mol. The first-order valence-electron chi connectivity index (χ1n) is 8.20. The number of anilines is 1. The molecule has 0 atom stereocenters. The van der Waals surface area contributed by atoms with E-state index >= 15 is 0 Å². The van der Waals surface area contributed by atoms with Crippen LogP contribution in [-0.4, -0.2) is 17.0 Å². The minimum Gasteiger partial charge on any atom is -0.438 e. The fourth-order valence-corrected chi connectivity index (χ4v) is 2.96. The van der Waals surface area contributed by atoms with E-state index in [1.807, 2.05) is 50.9 Å². The molecule has 0 saturated carbocycles. The number of benzene rings is 1. The summed E-state index contributed by atoms with van der Waals surface area (Å²) in [5, 5.41) is 0. The maximum Gasteiger partial charge on any atom is 0.271 e. The maximum atomic E-state index is 12.3. The minimum atomic E-state index is -0.0873. The van der Waals surface area contributed by atoms with Crippen LogP contribution in [0.4, 0.5) is 5.69 Å². The van der Waals surface area contributed by atoms with Crippen molar-refractivity contribution in [1.82, 2.24) is 9.97 Å². The summed E-state index contributed by atoms with van der Waals surface area (Å²) in [6.45, 7) is 8.49. The average Bonchev–Trinajstić information content (AvgIpc) is 2.96. The molecule has 3 rings (SSSR count). The van der Waals surface area contributed by atoms with E-state index in [4.69, 9.17) is 4.42 Å². The SMILES string of the molecule is CCc1cc(N(C)Cc2nc3c(C)ccc(C)c3o2)c(=O)[nH]c1C. The lowest BCUT2D eigenvalue weighted by Crippen LogP contribution is -2.25. The highest BCUT2D eigenvalue weighted by molar-refractivity contribution is 5.79. The van der Waals surface area contributed by atoms with Crippen LogP contribution in [-0.2, 0) is 13.0 Å². The Bertz CT molecular complexity index is 914. The topological polar surface area (TPSA) is 62.1 Å². The Morgan fingerprint density at radius 3 is 2.58 bits per heavy atom. The summed E-state index contributed by atoms with van der Waals surface area (Å²) < 4.78 is 5.93. The van der Waals surface area contributed by atoms with E-state index in [1.165, 1.54) is 0 Å². The van der Waals surface area contributed by atoms with Crippen LogP contribution in [0.25, 0.3) is 11.1 Å². The molecule has 0 aliphatic heterocycles. The van der Waals surface area contributed by atoms with E-state index in [-0.39, 0.29) is 5.56 Å². The van der Waals surface area contributed by atoms with Crippen molar-refractivity contribution in [2.75, 3.05) is 11.9 Å². The van der Waals surface area contributed by atoms with Crippen molar-refractivity contribution in [3.63, 3.8) is 0 Å². The number of oxazole rings is 1. The quantitative estimate of drug-likeness (QED) is 0.795. The Balaban J connectivity index is 1.96. The number of hydrogen-bond donors (Lipinski definition) is 1. The second-order valence-corrected chi connectivity index (χ2v) is 6.33. The summed E-state index contributed by atoms with van der Waals surface area (Å²) >= 11 is 0. The van der Waals surface area contributed by atoms with Gasteiger partial charge in [-0.05, 0) is 49.9 Å². The van der Waals surface area contributed by atoms with Crippen molar-refractivity contribution >= 4 is 16.8 Å². The van der Waals surface area contributed by atoms with Crippen molar-refractivity contribution in [2.45, 2.75) is 40.7 Å². The molecule has 126 valence electrons. The zero-order chi connectivity index (χ0) is 17.4. The van der Waals surface area contributed by atoms with Gasteiger partial charge in [0.1, 0.15) is 11.2 Å². The molecule has 0 bridgehead atoms. The Hall–Kier alpha value is -2.56. The highest BCUT2D eigenvalue weighted by Gasteiger charge is 2.15. The smallest absolute Gasteiger partial charge is 0.271 e. The highest BCUT2D eigenvalue weighted by atomic mass is 16.3. The summed E-state index contributed by atoms with van der Waals surface area (Å²) in [4.78, 5) is 21.7. The largest absolute Gasteiger partial charge is 0.438 e. The number of H-pyrrole nitrogens is 1. The zero-order valence-electron chi connectivity index (χ0n) is 14.9. The number of nitrogens with one attached hydrogen (secondary N) is 1. The molecule has 3 aromatic rings. The molecule has 1 aromatic carbocycles. The van der Waals surface area contributed by atoms with E-state index in [1.54, 1.807) is 0 Å². The van der Waals surface area contributed by atoms with Gasteiger partial charge in [0.05, 0.1) is 6.54 Å². The number of aryl methyl sites for hydroxylation is 4. The molecule has 0 aliphatic carbocycles. The van der Waals surface area contributed by atoms with Crippen molar-refractivity contribution in [1.29, 1.82) is 0 Å². The molecule has 0 aliphatic rings. The lowest BCUT2D eigenvalue weighted by Gasteiger charge is -2.17. The van der Waals surface area contributed by atoms with Gasteiger partial charge in [-0.1, -0.05) is 19.1 Å². The fraction of sp³-hybridized carbons (Fsp3) is 0.368. The number of aromatic amines is 1. The van der Waals surface area contributed by atoms with Crippen molar-refractivity contribution in [3.8, 4) is 0 Å². The summed E-state index contributed by atoms with van der Waals surface area (Å²) in [7, 11) is 1.88. The van der Waals surface area contributed by atoms with Gasteiger partial charge in [0.2, 0.25) is 5.89 Å². The highest BCUT2D eigenvalue weighted by Crippen LogP contribution is 2.24. The maximum absolute atomic E-state index is 12.3. The lowest BCUT2D eigenvalue weighted by molar-refractivity contribution is 0.525. The molecule has 0 unspecified atom stereocenters. The van der Waals surface area contributed by atoms with Gasteiger partial charge in [0.15, 0.2) is 5.58 Å². The van der Waals surface area contributed by atoms with Crippen molar-refractivity contribution in [2.24, 2.45) is 0 Å². The first-order valence-corrected chi connectivity index (χ1v) is 8.20. The first kappa shape index (κ1) is 16.3. The number of hydrogen-bond acceptors (Lipinski definition) is 4. The van der Waals surface area contributed by atoms with E-state index < -0.39 is 0 Å². The van der Waals surface area contributed by atoms with Gasteiger partial charge in [0, 0.05) is 12.7 Å².